The Morgan fingerprint density at radius 1 is 1.28 bits per heavy atom. The van der Waals surface area contributed by atoms with Crippen LogP contribution in [0.4, 0.5) is 20.3 Å². The number of aromatic nitrogens is 1. The van der Waals surface area contributed by atoms with Crippen molar-refractivity contribution in [3.8, 4) is 0 Å². The van der Waals surface area contributed by atoms with Gasteiger partial charge in [0.15, 0.2) is 11.6 Å². The van der Waals surface area contributed by atoms with Gasteiger partial charge in [0.25, 0.3) is 5.91 Å². The molecule has 2 aromatic rings. The minimum atomic E-state index is -0.886. The molecule has 25 heavy (non-hydrogen) atoms. The largest absolute Gasteiger partial charge is 0.380 e. The van der Waals surface area contributed by atoms with Crippen molar-refractivity contribution in [2.75, 3.05) is 30.8 Å². The molecule has 1 unspecified atom stereocenters. The van der Waals surface area contributed by atoms with Crippen LogP contribution >= 0.6 is 0 Å². The number of rotatable bonds is 4. The maximum absolute atomic E-state index is 13.3. The summed E-state index contributed by atoms with van der Waals surface area (Å²) in [5.41, 5.74) is 1.04. The summed E-state index contributed by atoms with van der Waals surface area (Å²) >= 11 is 0. The van der Waals surface area contributed by atoms with E-state index in [0.717, 1.165) is 25.0 Å². The van der Waals surface area contributed by atoms with Crippen LogP contribution in [0.1, 0.15) is 23.2 Å². The summed E-state index contributed by atoms with van der Waals surface area (Å²) in [6.45, 7) is 1.16. The second-order valence-corrected chi connectivity index (χ2v) is 6.01. The fraction of sp³-hybridized carbons (Fsp3) is 0.333. The van der Waals surface area contributed by atoms with Gasteiger partial charge in [-0.25, -0.2) is 13.8 Å². The molecule has 0 spiro atoms. The molecule has 2 N–H and O–H groups in total. The van der Waals surface area contributed by atoms with Gasteiger partial charge in [0.1, 0.15) is 5.82 Å². The van der Waals surface area contributed by atoms with Crippen LogP contribution in [0.5, 0.6) is 0 Å². The van der Waals surface area contributed by atoms with E-state index in [0.29, 0.717) is 30.2 Å². The third-order valence-corrected chi connectivity index (χ3v) is 4.27. The second-order valence-electron chi connectivity index (χ2n) is 6.01. The molecule has 1 amide bonds. The van der Waals surface area contributed by atoms with Gasteiger partial charge in [-0.2, -0.15) is 0 Å². The number of carbonyl (C=O) groups excluding carboxylic acids is 1. The summed E-state index contributed by atoms with van der Waals surface area (Å²) in [5.74, 6) is -1.30. The van der Waals surface area contributed by atoms with Gasteiger partial charge in [-0.3, -0.25) is 4.79 Å². The average molecular weight is 346 g/mol. The SMILES string of the molecule is CNc1ncccc1C(=O)N1CCCC(Nc2ccc(F)c(F)c2)C1. The molecule has 0 radical (unpaired) electrons. The summed E-state index contributed by atoms with van der Waals surface area (Å²) < 4.78 is 26.4. The molecule has 1 saturated heterocycles. The Morgan fingerprint density at radius 2 is 2.12 bits per heavy atom. The predicted octanol–water partition coefficient (Wildman–Crippen LogP) is 3.12. The summed E-state index contributed by atoms with van der Waals surface area (Å²) in [6.07, 6.45) is 3.32. The predicted molar refractivity (Wildman–Crippen MR) is 92.7 cm³/mol. The van der Waals surface area contributed by atoms with Gasteiger partial charge >= 0.3 is 0 Å². The van der Waals surface area contributed by atoms with E-state index >= 15 is 0 Å². The lowest BCUT2D eigenvalue weighted by molar-refractivity contribution is 0.0715. The Kier molecular flexibility index (Phi) is 5.11. The molecule has 0 saturated carbocycles. The van der Waals surface area contributed by atoms with Crippen molar-refractivity contribution in [1.29, 1.82) is 0 Å². The molecule has 1 aromatic carbocycles. The third kappa shape index (κ3) is 3.87. The van der Waals surface area contributed by atoms with Crippen molar-refractivity contribution in [3.05, 3.63) is 53.7 Å². The van der Waals surface area contributed by atoms with Crippen LogP contribution in [0.2, 0.25) is 0 Å². The van der Waals surface area contributed by atoms with Gasteiger partial charge in [-0.15, -0.1) is 0 Å². The molecule has 1 aromatic heterocycles. The number of carbonyl (C=O) groups is 1. The van der Waals surface area contributed by atoms with Crippen molar-refractivity contribution in [2.45, 2.75) is 18.9 Å². The molecule has 5 nitrogen and oxygen atoms in total. The molecule has 2 heterocycles. The van der Waals surface area contributed by atoms with E-state index in [-0.39, 0.29) is 11.9 Å². The monoisotopic (exact) mass is 346 g/mol. The number of hydrogen-bond donors (Lipinski definition) is 2. The van der Waals surface area contributed by atoms with Crippen LogP contribution in [0, 0.1) is 11.6 Å². The van der Waals surface area contributed by atoms with Gasteiger partial charge < -0.3 is 15.5 Å². The van der Waals surface area contributed by atoms with Crippen molar-refractivity contribution < 1.29 is 13.6 Å². The molecule has 132 valence electrons. The minimum absolute atomic E-state index is 0.0164. The zero-order valence-electron chi connectivity index (χ0n) is 13.9. The smallest absolute Gasteiger partial charge is 0.257 e. The van der Waals surface area contributed by atoms with Crippen molar-refractivity contribution in [3.63, 3.8) is 0 Å². The van der Waals surface area contributed by atoms with E-state index in [1.807, 2.05) is 0 Å². The number of nitrogens with one attached hydrogen (secondary N) is 2. The van der Waals surface area contributed by atoms with Crippen molar-refractivity contribution in [1.82, 2.24) is 9.88 Å². The van der Waals surface area contributed by atoms with E-state index in [1.165, 1.54) is 6.07 Å². The Morgan fingerprint density at radius 3 is 2.88 bits per heavy atom. The normalized spacial score (nSPS) is 17.2. The lowest BCUT2D eigenvalue weighted by Crippen LogP contribution is -2.45. The highest BCUT2D eigenvalue weighted by Crippen LogP contribution is 2.21. The average Bonchev–Trinajstić information content (AvgIpc) is 2.64. The van der Waals surface area contributed by atoms with Crippen molar-refractivity contribution >= 4 is 17.4 Å². The molecule has 1 aliphatic heterocycles. The molecular formula is C18H20F2N4O. The van der Waals surface area contributed by atoms with Crippen molar-refractivity contribution in [2.24, 2.45) is 0 Å². The highest BCUT2D eigenvalue weighted by molar-refractivity contribution is 5.98. The topological polar surface area (TPSA) is 57.3 Å². The van der Waals surface area contributed by atoms with Crippen LogP contribution < -0.4 is 10.6 Å². The van der Waals surface area contributed by atoms with Crippen LogP contribution in [0.3, 0.4) is 0 Å². The van der Waals surface area contributed by atoms with Gasteiger partial charge in [0.2, 0.25) is 0 Å². The molecule has 7 heteroatoms. The van der Waals surface area contributed by atoms with E-state index in [1.54, 1.807) is 30.3 Å². The molecule has 1 fully saturated rings. The summed E-state index contributed by atoms with van der Waals surface area (Å²) in [7, 11) is 1.72. The van der Waals surface area contributed by atoms with Gasteiger partial charge in [-0.1, -0.05) is 0 Å². The zero-order chi connectivity index (χ0) is 17.8. The zero-order valence-corrected chi connectivity index (χ0v) is 13.9. The number of anilines is 2. The van der Waals surface area contributed by atoms with E-state index < -0.39 is 11.6 Å². The third-order valence-electron chi connectivity index (χ3n) is 4.27. The molecular weight excluding hydrogens is 326 g/mol. The lowest BCUT2D eigenvalue weighted by Gasteiger charge is -2.34. The number of pyridine rings is 1. The summed E-state index contributed by atoms with van der Waals surface area (Å²) in [6, 6.07) is 7.19. The number of nitrogens with zero attached hydrogens (tertiary/aromatic N) is 2. The number of halogens is 2. The Hall–Kier alpha value is -2.70. The molecule has 0 bridgehead atoms. The fourth-order valence-corrected chi connectivity index (χ4v) is 3.05. The Labute approximate surface area is 145 Å². The van der Waals surface area contributed by atoms with Gasteiger partial charge in [0.05, 0.1) is 5.56 Å². The van der Waals surface area contributed by atoms with Gasteiger partial charge in [0, 0.05) is 44.1 Å². The van der Waals surface area contributed by atoms with E-state index in [9.17, 15) is 13.6 Å². The number of likely N-dealkylation sites (tertiary alicyclic amines) is 1. The van der Waals surface area contributed by atoms with Crippen LogP contribution in [0.25, 0.3) is 0 Å². The number of hydrogen-bond acceptors (Lipinski definition) is 4. The maximum Gasteiger partial charge on any atom is 0.257 e. The van der Waals surface area contributed by atoms with Gasteiger partial charge in [-0.05, 0) is 37.1 Å². The standard InChI is InChI=1S/C18H20F2N4O/c1-21-17-14(5-2-8-22-17)18(25)24-9-3-4-13(11-24)23-12-6-7-15(19)16(20)10-12/h2,5-8,10,13,23H,3-4,9,11H2,1H3,(H,21,22). The number of amides is 1. The molecule has 1 atom stereocenters. The molecule has 0 aliphatic carbocycles. The number of benzene rings is 1. The Bertz CT molecular complexity index is 768. The first-order chi connectivity index (χ1) is 12.1. The highest BCUT2D eigenvalue weighted by Gasteiger charge is 2.26. The van der Waals surface area contributed by atoms with E-state index in [2.05, 4.69) is 15.6 Å². The minimum Gasteiger partial charge on any atom is -0.380 e. The highest BCUT2D eigenvalue weighted by atomic mass is 19.2. The lowest BCUT2D eigenvalue weighted by atomic mass is 10.0. The quantitative estimate of drug-likeness (QED) is 0.893. The first-order valence-corrected chi connectivity index (χ1v) is 8.22. The molecule has 1 aliphatic rings. The number of piperidine rings is 1. The fourth-order valence-electron chi connectivity index (χ4n) is 3.05. The van der Waals surface area contributed by atoms with Crippen LogP contribution in [-0.4, -0.2) is 42.0 Å². The summed E-state index contributed by atoms with van der Waals surface area (Å²) in [4.78, 5) is 18.7. The summed E-state index contributed by atoms with van der Waals surface area (Å²) in [5, 5.41) is 6.11. The van der Waals surface area contributed by atoms with Crippen LogP contribution in [0.15, 0.2) is 36.5 Å². The Balaban J connectivity index is 1.70. The van der Waals surface area contributed by atoms with E-state index in [4.69, 9.17) is 0 Å². The van der Waals surface area contributed by atoms with Crippen LogP contribution in [-0.2, 0) is 0 Å². The first-order valence-electron chi connectivity index (χ1n) is 8.22. The maximum atomic E-state index is 13.3. The first kappa shape index (κ1) is 17.1. The molecule has 3 rings (SSSR count). The second kappa shape index (κ2) is 7.46.